The lowest BCUT2D eigenvalue weighted by atomic mass is 9.76. The molecule has 7 nitrogen and oxygen atoms in total. The Morgan fingerprint density at radius 3 is 2.76 bits per heavy atom. The highest BCUT2D eigenvalue weighted by molar-refractivity contribution is 6.35. The van der Waals surface area contributed by atoms with Gasteiger partial charge in [0.05, 0.1) is 35.2 Å². The predicted molar refractivity (Wildman–Crippen MR) is 106 cm³/mol. The summed E-state index contributed by atoms with van der Waals surface area (Å²) < 4.78 is 5.66. The van der Waals surface area contributed by atoms with Gasteiger partial charge in [-0.15, -0.1) is 0 Å². The predicted octanol–water partition coefficient (Wildman–Crippen LogP) is 1.90. The lowest BCUT2D eigenvalue weighted by molar-refractivity contribution is -0.144. The van der Waals surface area contributed by atoms with Crippen LogP contribution in [0.2, 0.25) is 5.02 Å². The minimum absolute atomic E-state index is 0.0670. The molecule has 3 saturated heterocycles. The number of carbonyl (C=O) groups is 3. The number of likely N-dealkylation sites (tertiary alicyclic amines) is 1. The summed E-state index contributed by atoms with van der Waals surface area (Å²) >= 11 is 6.32. The molecule has 0 radical (unpaired) electrons. The minimum Gasteiger partial charge on any atom is -0.376 e. The molecule has 5 rings (SSSR count). The van der Waals surface area contributed by atoms with E-state index in [-0.39, 0.29) is 42.3 Å². The quantitative estimate of drug-likeness (QED) is 0.733. The molecular formula is C21H24ClN3O4. The Labute approximate surface area is 174 Å². The van der Waals surface area contributed by atoms with E-state index in [4.69, 9.17) is 16.3 Å². The van der Waals surface area contributed by atoms with Crippen molar-refractivity contribution in [2.24, 2.45) is 17.8 Å². The van der Waals surface area contributed by atoms with E-state index < -0.39 is 17.4 Å². The van der Waals surface area contributed by atoms with Gasteiger partial charge in [0.25, 0.3) is 0 Å². The highest BCUT2D eigenvalue weighted by atomic mass is 35.5. The van der Waals surface area contributed by atoms with Gasteiger partial charge in [0, 0.05) is 18.2 Å². The Morgan fingerprint density at radius 1 is 1.28 bits per heavy atom. The molecule has 5 atom stereocenters. The fourth-order valence-electron chi connectivity index (χ4n) is 5.53. The molecule has 29 heavy (non-hydrogen) atoms. The van der Waals surface area contributed by atoms with E-state index >= 15 is 0 Å². The normalized spacial score (nSPS) is 35.7. The average molecular weight is 418 g/mol. The number of fused-ring (bicyclic) bond motifs is 4. The van der Waals surface area contributed by atoms with Gasteiger partial charge in [-0.3, -0.25) is 24.6 Å². The summed E-state index contributed by atoms with van der Waals surface area (Å²) in [4.78, 5) is 41.5. The van der Waals surface area contributed by atoms with Crippen molar-refractivity contribution in [3.8, 4) is 0 Å². The van der Waals surface area contributed by atoms with Crippen molar-refractivity contribution in [2.45, 2.75) is 44.4 Å². The van der Waals surface area contributed by atoms with Crippen molar-refractivity contribution < 1.29 is 19.1 Å². The van der Waals surface area contributed by atoms with Crippen molar-refractivity contribution in [1.29, 1.82) is 0 Å². The van der Waals surface area contributed by atoms with Crippen LogP contribution in [0, 0.1) is 17.8 Å². The van der Waals surface area contributed by atoms with Crippen LogP contribution in [-0.2, 0) is 24.7 Å². The van der Waals surface area contributed by atoms with E-state index in [1.165, 1.54) is 4.90 Å². The second-order valence-electron chi connectivity index (χ2n) is 8.76. The minimum atomic E-state index is -1.28. The summed E-state index contributed by atoms with van der Waals surface area (Å²) in [5.74, 6) is -2.13. The molecule has 2 N–H and O–H groups in total. The summed E-state index contributed by atoms with van der Waals surface area (Å²) in [5, 5.41) is 6.68. The van der Waals surface area contributed by atoms with Crippen molar-refractivity contribution in [3.05, 3.63) is 28.8 Å². The lowest BCUT2D eigenvalue weighted by Crippen LogP contribution is -2.54. The molecule has 0 unspecified atom stereocenters. The van der Waals surface area contributed by atoms with E-state index in [1.807, 2.05) is 19.9 Å². The van der Waals surface area contributed by atoms with Gasteiger partial charge in [-0.1, -0.05) is 37.6 Å². The number of halogens is 1. The van der Waals surface area contributed by atoms with Crippen LogP contribution in [0.1, 0.15) is 32.3 Å². The third-order valence-corrected chi connectivity index (χ3v) is 7.17. The summed E-state index contributed by atoms with van der Waals surface area (Å²) in [5.41, 5.74) is -0.112. The number of nitrogens with one attached hydrogen (secondary N) is 2. The first-order chi connectivity index (χ1) is 13.9. The number of hydrogen-bond acceptors (Lipinski definition) is 5. The van der Waals surface area contributed by atoms with Crippen LogP contribution in [0.15, 0.2) is 18.2 Å². The van der Waals surface area contributed by atoms with Gasteiger partial charge in [0.15, 0.2) is 0 Å². The zero-order chi connectivity index (χ0) is 20.5. The highest BCUT2D eigenvalue weighted by Gasteiger charge is 2.70. The fraction of sp³-hybridized carbons (Fsp3) is 0.571. The first-order valence-electron chi connectivity index (χ1n) is 10.2. The molecule has 154 valence electrons. The zero-order valence-corrected chi connectivity index (χ0v) is 17.2. The second kappa shape index (κ2) is 6.52. The standard InChI is InChI=1S/C21H24ClN3O4/c1-10(2)16-14-15(19(27)25(18(14)26)9-11-5-4-8-29-11)21(24-16)12-6-3-7-13(22)17(12)23-20(21)28/h3,6-7,10-11,14-16,24H,4-5,8-9H2,1-2H3,(H,23,28)/t11-,14-,15-,16+,21-/m1/s1. The maximum atomic E-state index is 13.6. The number of nitrogens with zero attached hydrogens (tertiary/aromatic N) is 1. The second-order valence-corrected chi connectivity index (χ2v) is 9.17. The lowest BCUT2D eigenvalue weighted by Gasteiger charge is -2.30. The third-order valence-electron chi connectivity index (χ3n) is 6.85. The Bertz CT molecular complexity index is 913. The van der Waals surface area contributed by atoms with Crippen LogP contribution in [0.5, 0.6) is 0 Å². The Hall–Kier alpha value is -1.96. The van der Waals surface area contributed by atoms with E-state index in [1.54, 1.807) is 12.1 Å². The monoisotopic (exact) mass is 417 g/mol. The van der Waals surface area contributed by atoms with Gasteiger partial charge < -0.3 is 10.1 Å². The van der Waals surface area contributed by atoms with E-state index in [0.717, 1.165) is 12.8 Å². The van der Waals surface area contributed by atoms with Crippen LogP contribution in [0.25, 0.3) is 0 Å². The Kier molecular flexibility index (Phi) is 4.28. The van der Waals surface area contributed by atoms with E-state index in [9.17, 15) is 14.4 Å². The van der Waals surface area contributed by atoms with E-state index in [2.05, 4.69) is 10.6 Å². The third kappa shape index (κ3) is 2.47. The molecule has 8 heteroatoms. The molecule has 0 aromatic heterocycles. The number of hydrogen-bond donors (Lipinski definition) is 2. The molecule has 0 saturated carbocycles. The van der Waals surface area contributed by atoms with Crippen LogP contribution in [0.4, 0.5) is 5.69 Å². The van der Waals surface area contributed by atoms with E-state index in [0.29, 0.717) is 22.9 Å². The van der Waals surface area contributed by atoms with Crippen molar-refractivity contribution in [2.75, 3.05) is 18.5 Å². The number of benzene rings is 1. The number of anilines is 1. The summed E-state index contributed by atoms with van der Waals surface area (Å²) in [6.07, 6.45) is 1.65. The van der Waals surface area contributed by atoms with Gasteiger partial charge in [-0.25, -0.2) is 0 Å². The average Bonchev–Trinajstić information content (AvgIpc) is 3.42. The molecule has 0 bridgehead atoms. The van der Waals surface area contributed by atoms with Gasteiger partial charge >= 0.3 is 0 Å². The first kappa shape index (κ1) is 19.0. The van der Waals surface area contributed by atoms with Gasteiger partial charge in [0.2, 0.25) is 17.7 Å². The van der Waals surface area contributed by atoms with Crippen molar-refractivity contribution in [1.82, 2.24) is 10.2 Å². The number of imide groups is 1. The van der Waals surface area contributed by atoms with Crippen LogP contribution in [-0.4, -0.2) is 47.9 Å². The molecule has 3 fully saturated rings. The molecular weight excluding hydrogens is 394 g/mol. The largest absolute Gasteiger partial charge is 0.376 e. The topological polar surface area (TPSA) is 87.7 Å². The number of carbonyl (C=O) groups excluding carboxylic acids is 3. The maximum Gasteiger partial charge on any atom is 0.250 e. The number of para-hydroxylation sites is 1. The van der Waals surface area contributed by atoms with Crippen LogP contribution >= 0.6 is 11.6 Å². The number of amides is 3. The van der Waals surface area contributed by atoms with Gasteiger partial charge in [-0.05, 0) is 24.8 Å². The molecule has 4 aliphatic heterocycles. The molecule has 1 aromatic rings. The highest BCUT2D eigenvalue weighted by Crippen LogP contribution is 2.55. The molecule has 3 amide bonds. The van der Waals surface area contributed by atoms with Gasteiger partial charge in [-0.2, -0.15) is 0 Å². The summed E-state index contributed by atoms with van der Waals surface area (Å²) in [6, 6.07) is 5.00. The van der Waals surface area contributed by atoms with Gasteiger partial charge in [0.1, 0.15) is 5.54 Å². The molecule has 4 heterocycles. The van der Waals surface area contributed by atoms with Crippen molar-refractivity contribution in [3.63, 3.8) is 0 Å². The SMILES string of the molecule is CC(C)[C@@H]1N[C@@]2(C(=O)Nc3c(Cl)cccc32)[C@H]2C(=O)N(C[C@H]3CCCO3)C(=O)[C@@H]12. The fourth-order valence-corrected chi connectivity index (χ4v) is 5.75. The Balaban J connectivity index is 1.61. The van der Waals surface area contributed by atoms with Crippen LogP contribution in [0.3, 0.4) is 0 Å². The molecule has 4 aliphatic rings. The molecule has 0 aliphatic carbocycles. The smallest absolute Gasteiger partial charge is 0.250 e. The first-order valence-corrected chi connectivity index (χ1v) is 10.6. The molecule has 1 aromatic carbocycles. The summed E-state index contributed by atoms with van der Waals surface area (Å²) in [7, 11) is 0. The summed E-state index contributed by atoms with van der Waals surface area (Å²) in [6.45, 7) is 4.91. The molecule has 1 spiro atoms. The zero-order valence-electron chi connectivity index (χ0n) is 16.4. The maximum absolute atomic E-state index is 13.6. The number of rotatable bonds is 3. The van der Waals surface area contributed by atoms with Crippen molar-refractivity contribution >= 4 is 35.0 Å². The van der Waals surface area contributed by atoms with Crippen LogP contribution < -0.4 is 10.6 Å². The number of ether oxygens (including phenoxy) is 1. The Morgan fingerprint density at radius 2 is 2.07 bits per heavy atom.